The Bertz CT molecular complexity index is 1390. The lowest BCUT2D eigenvalue weighted by Gasteiger charge is -2.58. The fraction of sp³-hybridized carbons (Fsp3) is 0.915. The summed E-state index contributed by atoms with van der Waals surface area (Å²) in [7, 11) is -7.89. The van der Waals surface area contributed by atoms with Crippen molar-refractivity contribution in [2.24, 2.45) is 52.3 Å². The fourth-order valence-corrected chi connectivity index (χ4v) is 16.1. The maximum Gasteiger partial charge on any atom is 0.185 e. The van der Waals surface area contributed by atoms with Crippen LogP contribution in [0.15, 0.2) is 23.8 Å². The number of ether oxygens (including phenoxy) is 2. The summed E-state index contributed by atoms with van der Waals surface area (Å²) < 4.78 is 42.3. The maximum atomic E-state index is 7.27. The lowest BCUT2D eigenvalue weighted by molar-refractivity contribution is -0.303. The van der Waals surface area contributed by atoms with E-state index in [4.69, 9.17) is 27.2 Å². The van der Waals surface area contributed by atoms with E-state index in [1.54, 1.807) is 5.57 Å². The molecular formula is C47H90O6Si4. The summed E-state index contributed by atoms with van der Waals surface area (Å²) in [6.45, 7) is 42.7. The van der Waals surface area contributed by atoms with Crippen LogP contribution in [0, 0.1) is 52.3 Å². The van der Waals surface area contributed by atoms with E-state index in [9.17, 15) is 0 Å². The van der Waals surface area contributed by atoms with Crippen molar-refractivity contribution in [1.29, 1.82) is 0 Å². The van der Waals surface area contributed by atoms with Gasteiger partial charge < -0.3 is 27.2 Å². The Morgan fingerprint density at radius 1 is 0.737 bits per heavy atom. The van der Waals surface area contributed by atoms with Crippen molar-refractivity contribution in [3.05, 3.63) is 23.8 Å². The van der Waals surface area contributed by atoms with Gasteiger partial charge in [0.1, 0.15) is 24.4 Å². The van der Waals surface area contributed by atoms with E-state index < -0.39 is 39.6 Å². The van der Waals surface area contributed by atoms with Gasteiger partial charge in [-0.3, -0.25) is 0 Å². The summed E-state index contributed by atoms with van der Waals surface area (Å²) in [5.74, 6) is 5.30. The van der Waals surface area contributed by atoms with Crippen molar-refractivity contribution in [2.75, 3.05) is 6.61 Å². The molecule has 14 unspecified atom stereocenters. The SMILES string of the molecule is CCC(C=CC(C)C1CCC2C3CC=C4CC(OC5OC(CO[Si](C)(C)C)C(O[Si](C)(C)C)C(O[Si](C)(C)C)C5O[Si](C)(C)C)CCC4(C)C3CCC12C)C(C)C. The number of hydrogen-bond donors (Lipinski definition) is 0. The normalized spacial score (nSPS) is 39.1. The van der Waals surface area contributed by atoms with E-state index >= 15 is 0 Å². The predicted molar refractivity (Wildman–Crippen MR) is 250 cm³/mol. The van der Waals surface area contributed by atoms with E-state index in [1.165, 1.54) is 44.9 Å². The first-order valence-electron chi connectivity index (χ1n) is 23.5. The van der Waals surface area contributed by atoms with Crippen molar-refractivity contribution in [3.8, 4) is 0 Å². The highest BCUT2D eigenvalue weighted by atomic mass is 28.4. The lowest BCUT2D eigenvalue weighted by atomic mass is 9.47. The van der Waals surface area contributed by atoms with Crippen LogP contribution in [0.2, 0.25) is 78.6 Å². The topological polar surface area (TPSA) is 55.4 Å². The van der Waals surface area contributed by atoms with Gasteiger partial charge in [-0.25, -0.2) is 0 Å². The highest BCUT2D eigenvalue weighted by Gasteiger charge is 2.60. The molecule has 0 amide bonds. The second-order valence-corrected chi connectivity index (χ2v) is 42.0. The molecule has 330 valence electrons. The lowest BCUT2D eigenvalue weighted by Crippen LogP contribution is -2.66. The van der Waals surface area contributed by atoms with E-state index in [2.05, 4.69) is 138 Å². The zero-order valence-corrected chi connectivity index (χ0v) is 44.3. The van der Waals surface area contributed by atoms with Crippen molar-refractivity contribution in [3.63, 3.8) is 0 Å². The number of allylic oxidation sites excluding steroid dienone is 3. The van der Waals surface area contributed by atoms with Crippen LogP contribution >= 0.6 is 0 Å². The number of hydrogen-bond acceptors (Lipinski definition) is 6. The molecule has 0 spiro atoms. The minimum Gasteiger partial charge on any atom is -0.415 e. The smallest absolute Gasteiger partial charge is 0.185 e. The summed E-state index contributed by atoms with van der Waals surface area (Å²) in [6.07, 6.45) is 17.6. The average molecular weight is 864 g/mol. The summed E-state index contributed by atoms with van der Waals surface area (Å²) in [6, 6.07) is 0. The zero-order valence-electron chi connectivity index (χ0n) is 40.3. The Balaban J connectivity index is 1.37. The second kappa shape index (κ2) is 18.1. The van der Waals surface area contributed by atoms with Crippen LogP contribution < -0.4 is 0 Å². The first kappa shape index (κ1) is 48.1. The molecule has 0 aromatic rings. The average Bonchev–Trinajstić information content (AvgIpc) is 3.42. The molecule has 5 rings (SSSR count). The van der Waals surface area contributed by atoms with Crippen LogP contribution in [0.1, 0.15) is 99.3 Å². The molecule has 3 saturated carbocycles. The van der Waals surface area contributed by atoms with Gasteiger partial charge in [0.05, 0.1) is 12.7 Å². The summed E-state index contributed by atoms with van der Waals surface area (Å²) in [5.41, 5.74) is 2.37. The van der Waals surface area contributed by atoms with Crippen LogP contribution in [0.5, 0.6) is 0 Å². The molecule has 57 heavy (non-hydrogen) atoms. The van der Waals surface area contributed by atoms with Crippen LogP contribution in [-0.4, -0.2) is 76.7 Å². The van der Waals surface area contributed by atoms with Gasteiger partial charge in [-0.1, -0.05) is 65.3 Å². The second-order valence-electron chi connectivity index (χ2n) is 24.1. The Kier molecular flexibility index (Phi) is 15.3. The van der Waals surface area contributed by atoms with Gasteiger partial charge in [-0.2, -0.15) is 0 Å². The molecule has 14 atom stereocenters. The van der Waals surface area contributed by atoms with Crippen molar-refractivity contribution < 1.29 is 27.2 Å². The van der Waals surface area contributed by atoms with Crippen LogP contribution in [0.3, 0.4) is 0 Å². The Morgan fingerprint density at radius 2 is 1.35 bits per heavy atom. The number of fused-ring (bicyclic) bond motifs is 5. The van der Waals surface area contributed by atoms with Gasteiger partial charge >= 0.3 is 0 Å². The molecule has 1 saturated heterocycles. The van der Waals surface area contributed by atoms with E-state index in [1.807, 2.05) is 0 Å². The first-order chi connectivity index (χ1) is 26.1. The molecule has 0 radical (unpaired) electrons. The van der Waals surface area contributed by atoms with Crippen LogP contribution in [0.25, 0.3) is 0 Å². The Morgan fingerprint density at radius 3 is 1.93 bits per heavy atom. The zero-order chi connectivity index (χ0) is 42.5. The molecule has 5 aliphatic rings. The van der Waals surface area contributed by atoms with Gasteiger partial charge in [0, 0.05) is 0 Å². The highest BCUT2D eigenvalue weighted by molar-refractivity contribution is 6.71. The summed E-state index contributed by atoms with van der Waals surface area (Å²) in [4.78, 5) is 0. The maximum absolute atomic E-state index is 7.27. The third-order valence-corrected chi connectivity index (χ3v) is 18.8. The molecular weight excluding hydrogens is 773 g/mol. The minimum absolute atomic E-state index is 0.0919. The molecule has 10 heteroatoms. The third-order valence-electron chi connectivity index (χ3n) is 14.8. The largest absolute Gasteiger partial charge is 0.415 e. The van der Waals surface area contributed by atoms with Gasteiger partial charge in [-0.05, 0) is 189 Å². The highest BCUT2D eigenvalue weighted by Crippen LogP contribution is 2.67. The van der Waals surface area contributed by atoms with E-state index in [-0.39, 0.29) is 35.9 Å². The fourth-order valence-electron chi connectivity index (χ4n) is 12.2. The summed E-state index contributed by atoms with van der Waals surface area (Å²) in [5, 5.41) is 0. The Hall–Kier alpha value is 0.108. The quantitative estimate of drug-likeness (QED) is 0.114. The first-order valence-corrected chi connectivity index (χ1v) is 37.1. The molecule has 1 aliphatic heterocycles. The van der Waals surface area contributed by atoms with Crippen LogP contribution in [0.4, 0.5) is 0 Å². The molecule has 0 aromatic carbocycles. The van der Waals surface area contributed by atoms with Crippen molar-refractivity contribution in [2.45, 2.75) is 215 Å². The van der Waals surface area contributed by atoms with Crippen molar-refractivity contribution in [1.82, 2.24) is 0 Å². The minimum atomic E-state index is -2.04. The molecule has 0 bridgehead atoms. The number of rotatable bonds is 16. The molecule has 6 nitrogen and oxygen atoms in total. The van der Waals surface area contributed by atoms with Crippen molar-refractivity contribution >= 4 is 33.3 Å². The van der Waals surface area contributed by atoms with E-state index in [0.717, 1.165) is 36.5 Å². The van der Waals surface area contributed by atoms with E-state index in [0.29, 0.717) is 29.8 Å². The van der Waals surface area contributed by atoms with Crippen LogP contribution in [-0.2, 0) is 27.2 Å². The summed E-state index contributed by atoms with van der Waals surface area (Å²) >= 11 is 0. The van der Waals surface area contributed by atoms with Gasteiger partial charge in [-0.15, -0.1) is 0 Å². The molecule has 4 fully saturated rings. The van der Waals surface area contributed by atoms with Gasteiger partial charge in [0.25, 0.3) is 0 Å². The standard InChI is InChI=1S/C47H90O6Si4/c1-19-34(32(2)3)21-20-33(4)38-24-25-39-37-23-22-35-30-36(26-28-46(35,5)40(37)27-29-47(38,39)6)49-45-44(53-57(16,17)18)43(52-56(13,14)15)42(51-55(10,11)12)41(50-45)31-48-54(7,8)9/h20-22,32-34,36-45H,19,23-31H2,1-18H3. The third kappa shape index (κ3) is 11.8. The van der Waals surface area contributed by atoms with Gasteiger partial charge in [0.2, 0.25) is 0 Å². The molecule has 0 N–H and O–H groups in total. The predicted octanol–water partition coefficient (Wildman–Crippen LogP) is 13.1. The monoisotopic (exact) mass is 863 g/mol. The molecule has 4 aliphatic carbocycles. The Labute approximate surface area is 356 Å². The molecule has 1 heterocycles. The molecule has 0 aromatic heterocycles. The van der Waals surface area contributed by atoms with Gasteiger partial charge in [0.15, 0.2) is 39.6 Å².